The second-order valence-electron chi connectivity index (χ2n) is 6.75. The molecule has 0 aliphatic carbocycles. The van der Waals surface area contributed by atoms with Gasteiger partial charge >= 0.3 is 0 Å². The van der Waals surface area contributed by atoms with Crippen molar-refractivity contribution in [3.05, 3.63) is 27.7 Å². The molecule has 0 radical (unpaired) electrons. The first kappa shape index (κ1) is 17.0. The number of rotatable bonds is 5. The van der Waals surface area contributed by atoms with Gasteiger partial charge in [0, 0.05) is 37.9 Å². The molecule has 2 N–H and O–H groups in total. The number of aromatic nitrogens is 1. The molecule has 0 aromatic carbocycles. The van der Waals surface area contributed by atoms with Gasteiger partial charge in [0.25, 0.3) is 0 Å². The molecule has 2 heterocycles. The predicted molar refractivity (Wildman–Crippen MR) is 86.8 cm³/mol. The van der Waals surface area contributed by atoms with E-state index in [0.717, 1.165) is 19.5 Å². The first-order valence-corrected chi connectivity index (χ1v) is 8.24. The van der Waals surface area contributed by atoms with E-state index >= 15 is 0 Å². The number of likely N-dealkylation sites (tertiary alicyclic amines) is 1. The maximum atomic E-state index is 12.0. The maximum absolute atomic E-state index is 12.0. The van der Waals surface area contributed by atoms with Crippen LogP contribution in [0.2, 0.25) is 0 Å². The van der Waals surface area contributed by atoms with Gasteiger partial charge in [-0.05, 0) is 24.7 Å². The molecule has 1 fully saturated rings. The molecule has 0 spiro atoms. The molecule has 5 nitrogen and oxygen atoms in total. The summed E-state index contributed by atoms with van der Waals surface area (Å²) >= 11 is 0. The summed E-state index contributed by atoms with van der Waals surface area (Å²) in [5.41, 5.74) is 0.821. The van der Waals surface area contributed by atoms with E-state index in [-0.39, 0.29) is 12.4 Å². The molecule has 2 atom stereocenters. The standard InChI is InChI=1S/C17H28N2O3/c1-4-5-19-14(11-20)7-16(21)17(22)15(19)10-18-8-12(2)6-13(3)9-18/h7,12-13,20,22H,4-6,8-11H2,1-3H3. The lowest BCUT2D eigenvalue weighted by atomic mass is 9.92. The van der Waals surface area contributed by atoms with Crippen LogP contribution in [0.4, 0.5) is 0 Å². The van der Waals surface area contributed by atoms with Crippen molar-refractivity contribution < 1.29 is 10.2 Å². The highest BCUT2D eigenvalue weighted by atomic mass is 16.3. The van der Waals surface area contributed by atoms with Gasteiger partial charge < -0.3 is 14.8 Å². The van der Waals surface area contributed by atoms with E-state index in [4.69, 9.17) is 0 Å². The van der Waals surface area contributed by atoms with Crippen LogP contribution >= 0.6 is 0 Å². The molecule has 1 saturated heterocycles. The summed E-state index contributed by atoms with van der Waals surface area (Å²) in [6.07, 6.45) is 2.11. The molecule has 0 bridgehead atoms. The summed E-state index contributed by atoms with van der Waals surface area (Å²) in [5.74, 6) is 1.08. The maximum Gasteiger partial charge on any atom is 0.223 e. The van der Waals surface area contributed by atoms with Gasteiger partial charge in [-0.2, -0.15) is 0 Å². The van der Waals surface area contributed by atoms with Crippen LogP contribution < -0.4 is 5.43 Å². The molecule has 2 unspecified atom stereocenters. The Labute approximate surface area is 132 Å². The third kappa shape index (κ3) is 3.70. The summed E-state index contributed by atoms with van der Waals surface area (Å²) in [5, 5.41) is 19.8. The summed E-state index contributed by atoms with van der Waals surface area (Å²) in [7, 11) is 0. The average Bonchev–Trinajstić information content (AvgIpc) is 2.45. The van der Waals surface area contributed by atoms with Gasteiger partial charge in [0.1, 0.15) is 0 Å². The second kappa shape index (κ2) is 7.29. The van der Waals surface area contributed by atoms with Gasteiger partial charge in [-0.15, -0.1) is 0 Å². The van der Waals surface area contributed by atoms with Gasteiger partial charge in [0.05, 0.1) is 12.3 Å². The molecule has 5 heteroatoms. The lowest BCUT2D eigenvalue weighted by Gasteiger charge is -2.35. The zero-order valence-corrected chi connectivity index (χ0v) is 13.9. The van der Waals surface area contributed by atoms with E-state index in [9.17, 15) is 15.0 Å². The van der Waals surface area contributed by atoms with Gasteiger partial charge in [-0.3, -0.25) is 9.69 Å². The molecule has 1 aromatic heterocycles. The highest BCUT2D eigenvalue weighted by Gasteiger charge is 2.24. The molecule has 0 saturated carbocycles. The highest BCUT2D eigenvalue weighted by molar-refractivity contribution is 5.30. The van der Waals surface area contributed by atoms with Crippen LogP contribution in [-0.2, 0) is 19.7 Å². The Morgan fingerprint density at radius 3 is 2.45 bits per heavy atom. The Morgan fingerprint density at radius 2 is 1.91 bits per heavy atom. The lowest BCUT2D eigenvalue weighted by molar-refractivity contribution is 0.129. The first-order chi connectivity index (χ1) is 10.5. The van der Waals surface area contributed by atoms with Crippen molar-refractivity contribution in [3.8, 4) is 5.75 Å². The topological polar surface area (TPSA) is 65.7 Å². The number of aliphatic hydroxyl groups excluding tert-OH is 1. The zero-order valence-electron chi connectivity index (χ0n) is 13.9. The number of piperidine rings is 1. The molecular formula is C17H28N2O3. The molecule has 124 valence electrons. The van der Waals surface area contributed by atoms with Crippen LogP contribution in [0, 0.1) is 11.8 Å². The molecular weight excluding hydrogens is 280 g/mol. The van der Waals surface area contributed by atoms with Gasteiger partial charge in [-0.25, -0.2) is 0 Å². The van der Waals surface area contributed by atoms with Crippen LogP contribution in [0.1, 0.15) is 45.0 Å². The Kier molecular flexibility index (Phi) is 5.64. The number of aromatic hydroxyl groups is 1. The largest absolute Gasteiger partial charge is 0.503 e. The predicted octanol–water partition coefficient (Wildman–Crippen LogP) is 1.93. The van der Waals surface area contributed by atoms with Crippen molar-refractivity contribution in [2.45, 2.75) is 53.3 Å². The minimum absolute atomic E-state index is 0.170. The molecule has 1 aliphatic heterocycles. The second-order valence-corrected chi connectivity index (χ2v) is 6.75. The normalized spacial score (nSPS) is 22.9. The van der Waals surface area contributed by atoms with E-state index in [0.29, 0.717) is 36.3 Å². The van der Waals surface area contributed by atoms with Crippen LogP contribution in [0.25, 0.3) is 0 Å². The summed E-state index contributed by atoms with van der Waals surface area (Å²) < 4.78 is 1.90. The molecule has 1 aromatic rings. The average molecular weight is 308 g/mol. The van der Waals surface area contributed by atoms with Crippen LogP contribution in [0.15, 0.2) is 10.9 Å². The number of pyridine rings is 1. The van der Waals surface area contributed by atoms with Gasteiger partial charge in [0.15, 0.2) is 5.75 Å². The third-order valence-corrected chi connectivity index (χ3v) is 4.40. The summed E-state index contributed by atoms with van der Waals surface area (Å²) in [6, 6.07) is 1.34. The van der Waals surface area contributed by atoms with Crippen molar-refractivity contribution in [3.63, 3.8) is 0 Å². The monoisotopic (exact) mass is 308 g/mol. The number of aliphatic hydroxyl groups is 1. The quantitative estimate of drug-likeness (QED) is 0.872. The van der Waals surface area contributed by atoms with Crippen LogP contribution in [0.5, 0.6) is 5.75 Å². The fraction of sp³-hybridized carbons (Fsp3) is 0.706. The van der Waals surface area contributed by atoms with Crippen molar-refractivity contribution in [1.29, 1.82) is 0 Å². The third-order valence-electron chi connectivity index (χ3n) is 4.40. The van der Waals surface area contributed by atoms with Crippen molar-refractivity contribution in [2.24, 2.45) is 11.8 Å². The van der Waals surface area contributed by atoms with E-state index < -0.39 is 5.43 Å². The number of hydrogen-bond acceptors (Lipinski definition) is 4. The van der Waals surface area contributed by atoms with E-state index in [1.165, 1.54) is 12.5 Å². The van der Waals surface area contributed by atoms with Crippen molar-refractivity contribution >= 4 is 0 Å². The van der Waals surface area contributed by atoms with Gasteiger partial charge in [-0.1, -0.05) is 20.8 Å². The first-order valence-electron chi connectivity index (χ1n) is 8.24. The molecule has 22 heavy (non-hydrogen) atoms. The van der Waals surface area contributed by atoms with E-state index in [2.05, 4.69) is 18.7 Å². The number of nitrogens with zero attached hydrogens (tertiary/aromatic N) is 2. The van der Waals surface area contributed by atoms with Crippen molar-refractivity contribution in [2.75, 3.05) is 13.1 Å². The fourth-order valence-corrected chi connectivity index (χ4v) is 3.67. The van der Waals surface area contributed by atoms with E-state index in [1.54, 1.807) is 0 Å². The lowest BCUT2D eigenvalue weighted by Crippen LogP contribution is -2.39. The van der Waals surface area contributed by atoms with E-state index in [1.807, 2.05) is 11.5 Å². The Morgan fingerprint density at radius 1 is 1.27 bits per heavy atom. The minimum Gasteiger partial charge on any atom is -0.503 e. The fourth-order valence-electron chi connectivity index (χ4n) is 3.67. The smallest absolute Gasteiger partial charge is 0.223 e. The number of hydrogen-bond donors (Lipinski definition) is 2. The van der Waals surface area contributed by atoms with Gasteiger partial charge in [0.2, 0.25) is 5.43 Å². The van der Waals surface area contributed by atoms with Crippen LogP contribution in [-0.4, -0.2) is 32.8 Å². The Hall–Kier alpha value is -1.33. The molecule has 1 aliphatic rings. The zero-order chi connectivity index (χ0) is 16.3. The Bertz CT molecular complexity index is 558. The summed E-state index contributed by atoms with van der Waals surface area (Å²) in [6.45, 7) is 9.56. The SMILES string of the molecule is CCCn1c(CO)cc(=O)c(O)c1CN1CC(C)CC(C)C1. The molecule has 2 rings (SSSR count). The molecule has 0 amide bonds. The summed E-state index contributed by atoms with van der Waals surface area (Å²) in [4.78, 5) is 14.3. The minimum atomic E-state index is -0.399. The van der Waals surface area contributed by atoms with Crippen LogP contribution in [0.3, 0.4) is 0 Å². The Balaban J connectivity index is 2.35. The highest BCUT2D eigenvalue weighted by Crippen LogP contribution is 2.25. The van der Waals surface area contributed by atoms with Crippen molar-refractivity contribution in [1.82, 2.24) is 9.47 Å².